The van der Waals surface area contributed by atoms with Gasteiger partial charge in [0.15, 0.2) is 0 Å². The molecule has 94 valence electrons. The summed E-state index contributed by atoms with van der Waals surface area (Å²) in [5.41, 5.74) is -0.481. The fourth-order valence-corrected chi connectivity index (χ4v) is 4.89. The van der Waals surface area contributed by atoms with Crippen LogP contribution in [0.4, 0.5) is 0 Å². The molecule has 0 spiro atoms. The van der Waals surface area contributed by atoms with E-state index in [1.165, 1.54) is 30.7 Å². The molecule has 0 aromatic carbocycles. The summed E-state index contributed by atoms with van der Waals surface area (Å²) >= 11 is 5.24. The van der Waals surface area contributed by atoms with Crippen molar-refractivity contribution >= 4 is 27.3 Å². The lowest BCUT2D eigenvalue weighted by Gasteiger charge is -2.37. The average Bonchev–Trinajstić information content (AvgIpc) is 2.86. The van der Waals surface area contributed by atoms with Crippen molar-refractivity contribution < 1.29 is 5.11 Å². The molecule has 1 aromatic heterocycles. The average molecular weight is 316 g/mol. The lowest BCUT2D eigenvalue weighted by atomic mass is 9.86. The van der Waals surface area contributed by atoms with E-state index < -0.39 is 5.60 Å². The minimum atomic E-state index is -0.481. The van der Waals surface area contributed by atoms with E-state index in [4.69, 9.17) is 0 Å². The van der Waals surface area contributed by atoms with Crippen molar-refractivity contribution in [2.75, 3.05) is 13.1 Å². The minimum Gasteiger partial charge on any atom is -0.388 e. The molecule has 2 aliphatic heterocycles. The van der Waals surface area contributed by atoms with Gasteiger partial charge in [0.2, 0.25) is 0 Å². The molecule has 0 saturated carbocycles. The normalized spacial score (nSPS) is 33.9. The highest BCUT2D eigenvalue weighted by atomic mass is 79.9. The molecule has 0 aliphatic carbocycles. The van der Waals surface area contributed by atoms with Gasteiger partial charge in [0.1, 0.15) is 0 Å². The second-order valence-electron chi connectivity index (χ2n) is 5.31. The number of hydrogen-bond donors (Lipinski definition) is 1. The quantitative estimate of drug-likeness (QED) is 0.906. The van der Waals surface area contributed by atoms with Gasteiger partial charge in [-0.05, 0) is 47.8 Å². The second-order valence-corrected chi connectivity index (χ2v) is 7.22. The highest BCUT2D eigenvalue weighted by Crippen LogP contribution is 2.38. The number of rotatable bonds is 2. The molecule has 2 nitrogen and oxygen atoms in total. The Balaban J connectivity index is 1.76. The third kappa shape index (κ3) is 2.33. The van der Waals surface area contributed by atoms with Crippen LogP contribution in [0.25, 0.3) is 0 Å². The predicted octanol–water partition coefficient (Wildman–Crippen LogP) is 3.04. The van der Waals surface area contributed by atoms with Crippen LogP contribution in [0.15, 0.2) is 15.9 Å². The highest BCUT2D eigenvalue weighted by Gasteiger charge is 2.46. The number of halogens is 1. The van der Waals surface area contributed by atoms with Crippen molar-refractivity contribution in [1.29, 1.82) is 0 Å². The fourth-order valence-electron chi connectivity index (χ4n) is 3.33. The molecule has 1 N–H and O–H groups in total. The van der Waals surface area contributed by atoms with Crippen molar-refractivity contribution in [3.05, 3.63) is 20.8 Å². The summed E-state index contributed by atoms with van der Waals surface area (Å²) in [6.45, 7) is 2.26. The summed E-state index contributed by atoms with van der Waals surface area (Å²) in [5.74, 6) is 0. The molecule has 1 aromatic rings. The Labute approximate surface area is 115 Å². The molecule has 0 amide bonds. The van der Waals surface area contributed by atoms with Gasteiger partial charge >= 0.3 is 0 Å². The number of thiophene rings is 1. The molecule has 2 aliphatic rings. The topological polar surface area (TPSA) is 23.5 Å². The molecule has 0 bridgehead atoms. The fraction of sp³-hybridized carbons (Fsp3) is 0.692. The van der Waals surface area contributed by atoms with E-state index in [1.54, 1.807) is 11.3 Å². The van der Waals surface area contributed by atoms with Gasteiger partial charge in [-0.15, -0.1) is 11.3 Å². The predicted molar refractivity (Wildman–Crippen MR) is 74.5 cm³/mol. The minimum absolute atomic E-state index is 0.400. The highest BCUT2D eigenvalue weighted by molar-refractivity contribution is 9.10. The second kappa shape index (κ2) is 4.65. The van der Waals surface area contributed by atoms with E-state index in [9.17, 15) is 5.11 Å². The number of hydrogen-bond acceptors (Lipinski definition) is 3. The van der Waals surface area contributed by atoms with Crippen LogP contribution in [0, 0.1) is 0 Å². The van der Waals surface area contributed by atoms with Crippen molar-refractivity contribution in [3.63, 3.8) is 0 Å². The van der Waals surface area contributed by atoms with Crippen LogP contribution in [0.1, 0.15) is 30.6 Å². The van der Waals surface area contributed by atoms with Crippen LogP contribution in [0.5, 0.6) is 0 Å². The van der Waals surface area contributed by atoms with Crippen molar-refractivity contribution in [3.8, 4) is 0 Å². The van der Waals surface area contributed by atoms with Crippen LogP contribution < -0.4 is 0 Å². The zero-order chi connectivity index (χ0) is 11.9. The molecule has 17 heavy (non-hydrogen) atoms. The first-order valence-corrected chi connectivity index (χ1v) is 8.04. The zero-order valence-corrected chi connectivity index (χ0v) is 12.3. The van der Waals surface area contributed by atoms with Gasteiger partial charge in [-0.3, -0.25) is 4.90 Å². The summed E-state index contributed by atoms with van der Waals surface area (Å²) in [6.07, 6.45) is 5.51. The van der Waals surface area contributed by atoms with E-state index >= 15 is 0 Å². The Hall–Kier alpha value is 0.1000. The number of fused-ring (bicyclic) bond motifs is 1. The van der Waals surface area contributed by atoms with Crippen molar-refractivity contribution in [2.45, 2.75) is 43.7 Å². The molecular weight excluding hydrogens is 298 g/mol. The van der Waals surface area contributed by atoms with Gasteiger partial charge in [0.05, 0.1) is 5.60 Å². The largest absolute Gasteiger partial charge is 0.388 e. The van der Waals surface area contributed by atoms with E-state index in [0.29, 0.717) is 6.04 Å². The van der Waals surface area contributed by atoms with Gasteiger partial charge in [-0.25, -0.2) is 0 Å². The summed E-state index contributed by atoms with van der Waals surface area (Å²) in [5, 5.41) is 13.0. The van der Waals surface area contributed by atoms with E-state index in [0.717, 1.165) is 23.9 Å². The maximum Gasteiger partial charge on any atom is 0.0862 e. The van der Waals surface area contributed by atoms with Gasteiger partial charge in [0, 0.05) is 33.7 Å². The Morgan fingerprint density at radius 2 is 2.35 bits per heavy atom. The monoisotopic (exact) mass is 315 g/mol. The molecule has 2 unspecified atom stereocenters. The lowest BCUT2D eigenvalue weighted by Crippen LogP contribution is -2.48. The van der Waals surface area contributed by atoms with Crippen molar-refractivity contribution in [1.82, 2.24) is 4.90 Å². The van der Waals surface area contributed by atoms with Crippen LogP contribution in [0.2, 0.25) is 0 Å². The maximum absolute atomic E-state index is 10.9. The maximum atomic E-state index is 10.9. The van der Waals surface area contributed by atoms with E-state index in [2.05, 4.69) is 32.3 Å². The van der Waals surface area contributed by atoms with Gasteiger partial charge in [0.25, 0.3) is 0 Å². The van der Waals surface area contributed by atoms with E-state index in [-0.39, 0.29) is 0 Å². The standard InChI is InChI=1S/C13H18BrNOS/c14-10-7-11(17-9-10)8-13(16)4-6-15-5-2-1-3-12(13)15/h7,9,12,16H,1-6,8H2. The summed E-state index contributed by atoms with van der Waals surface area (Å²) in [4.78, 5) is 3.79. The first kappa shape index (κ1) is 12.2. The molecule has 4 heteroatoms. The van der Waals surface area contributed by atoms with E-state index in [1.807, 2.05) is 0 Å². The first-order valence-electron chi connectivity index (χ1n) is 6.37. The number of aliphatic hydroxyl groups is 1. The third-order valence-corrected chi connectivity index (χ3v) is 5.87. The molecule has 0 radical (unpaired) electrons. The Morgan fingerprint density at radius 3 is 3.12 bits per heavy atom. The number of nitrogens with zero attached hydrogens (tertiary/aromatic N) is 1. The molecule has 3 rings (SSSR count). The SMILES string of the molecule is OC1(Cc2cc(Br)cs2)CCN2CCCCC21. The third-order valence-electron chi connectivity index (χ3n) is 4.17. The molecule has 2 fully saturated rings. The summed E-state index contributed by atoms with van der Waals surface area (Å²) in [7, 11) is 0. The Kier molecular flexibility index (Phi) is 3.32. The van der Waals surface area contributed by atoms with Crippen LogP contribution in [0.3, 0.4) is 0 Å². The van der Waals surface area contributed by atoms with Gasteiger partial charge in [-0.2, -0.15) is 0 Å². The van der Waals surface area contributed by atoms with Gasteiger partial charge < -0.3 is 5.11 Å². The van der Waals surface area contributed by atoms with Crippen LogP contribution in [-0.2, 0) is 6.42 Å². The van der Waals surface area contributed by atoms with Crippen LogP contribution in [-0.4, -0.2) is 34.7 Å². The molecule has 2 saturated heterocycles. The number of piperidine rings is 1. The molecule has 3 heterocycles. The smallest absolute Gasteiger partial charge is 0.0862 e. The first-order chi connectivity index (χ1) is 8.17. The van der Waals surface area contributed by atoms with Crippen molar-refractivity contribution in [2.24, 2.45) is 0 Å². The van der Waals surface area contributed by atoms with Crippen LogP contribution >= 0.6 is 27.3 Å². The molecular formula is C13H18BrNOS. The zero-order valence-electron chi connectivity index (χ0n) is 9.86. The van der Waals surface area contributed by atoms with Gasteiger partial charge in [-0.1, -0.05) is 6.42 Å². The summed E-state index contributed by atoms with van der Waals surface area (Å²) in [6, 6.07) is 2.55. The Morgan fingerprint density at radius 1 is 1.47 bits per heavy atom. The molecule has 2 atom stereocenters. The Bertz CT molecular complexity index is 408. The summed E-state index contributed by atoms with van der Waals surface area (Å²) < 4.78 is 1.14. The lowest BCUT2D eigenvalue weighted by molar-refractivity contribution is -0.00826.